The van der Waals surface area contributed by atoms with Crippen molar-refractivity contribution < 1.29 is 0 Å². The lowest BCUT2D eigenvalue weighted by Crippen LogP contribution is -2.35. The Hall–Kier alpha value is -0.610. The molecule has 0 amide bonds. The molecule has 0 radical (unpaired) electrons. The lowest BCUT2D eigenvalue weighted by Gasteiger charge is -2.31. The standard InChI is InChI=1S/C15H26ClN3/c1-4-19(11-7-10-18(2)3)15(12-17)13-8-5-6-9-14(13)16/h5-6,8-9,15H,4,7,10-12,17H2,1-3H3. The van der Waals surface area contributed by atoms with Gasteiger partial charge in [0, 0.05) is 24.2 Å². The summed E-state index contributed by atoms with van der Waals surface area (Å²) >= 11 is 6.29. The van der Waals surface area contributed by atoms with Gasteiger partial charge in [-0.3, -0.25) is 4.90 Å². The maximum Gasteiger partial charge on any atom is 0.0485 e. The molecule has 3 nitrogen and oxygen atoms in total. The number of benzene rings is 1. The summed E-state index contributed by atoms with van der Waals surface area (Å²) in [4.78, 5) is 4.62. The molecule has 1 atom stereocenters. The maximum atomic E-state index is 6.29. The molecule has 1 aromatic carbocycles. The van der Waals surface area contributed by atoms with Gasteiger partial charge in [-0.1, -0.05) is 36.7 Å². The molecule has 0 saturated carbocycles. The van der Waals surface area contributed by atoms with Gasteiger partial charge >= 0.3 is 0 Å². The monoisotopic (exact) mass is 283 g/mol. The zero-order valence-electron chi connectivity index (χ0n) is 12.3. The van der Waals surface area contributed by atoms with E-state index in [1.54, 1.807) is 0 Å². The third kappa shape index (κ3) is 5.11. The predicted octanol–water partition coefficient (Wildman–Crippen LogP) is 2.61. The van der Waals surface area contributed by atoms with E-state index >= 15 is 0 Å². The predicted molar refractivity (Wildman–Crippen MR) is 83.7 cm³/mol. The fourth-order valence-electron chi connectivity index (χ4n) is 2.34. The van der Waals surface area contributed by atoms with Crippen LogP contribution in [0, 0.1) is 0 Å². The quantitative estimate of drug-likeness (QED) is 0.796. The first kappa shape index (κ1) is 16.4. The van der Waals surface area contributed by atoms with Crippen LogP contribution in [0.3, 0.4) is 0 Å². The lowest BCUT2D eigenvalue weighted by molar-refractivity contribution is 0.201. The van der Waals surface area contributed by atoms with Gasteiger partial charge in [-0.2, -0.15) is 0 Å². The van der Waals surface area contributed by atoms with E-state index in [0.717, 1.165) is 36.6 Å². The SMILES string of the molecule is CCN(CCCN(C)C)C(CN)c1ccccc1Cl. The molecule has 4 heteroatoms. The number of hydrogen-bond donors (Lipinski definition) is 1. The normalized spacial score (nSPS) is 13.2. The molecule has 108 valence electrons. The van der Waals surface area contributed by atoms with E-state index in [-0.39, 0.29) is 6.04 Å². The van der Waals surface area contributed by atoms with Gasteiger partial charge in [0.2, 0.25) is 0 Å². The Morgan fingerprint density at radius 2 is 1.89 bits per heavy atom. The number of nitrogens with two attached hydrogens (primary N) is 1. The summed E-state index contributed by atoms with van der Waals surface area (Å²) in [6.45, 7) is 5.90. The average molecular weight is 284 g/mol. The van der Waals surface area contributed by atoms with Gasteiger partial charge in [-0.15, -0.1) is 0 Å². The Morgan fingerprint density at radius 1 is 1.21 bits per heavy atom. The largest absolute Gasteiger partial charge is 0.329 e. The number of hydrogen-bond acceptors (Lipinski definition) is 3. The Balaban J connectivity index is 2.73. The van der Waals surface area contributed by atoms with Crippen LogP contribution in [0.25, 0.3) is 0 Å². The number of rotatable bonds is 8. The highest BCUT2D eigenvalue weighted by Crippen LogP contribution is 2.26. The molecule has 0 bridgehead atoms. The van der Waals surface area contributed by atoms with E-state index in [9.17, 15) is 0 Å². The van der Waals surface area contributed by atoms with Gasteiger partial charge in [0.15, 0.2) is 0 Å². The van der Waals surface area contributed by atoms with Crippen molar-refractivity contribution in [1.82, 2.24) is 9.80 Å². The van der Waals surface area contributed by atoms with Crippen molar-refractivity contribution in [2.45, 2.75) is 19.4 Å². The molecule has 0 aromatic heterocycles. The van der Waals surface area contributed by atoms with Crippen molar-refractivity contribution in [3.05, 3.63) is 34.9 Å². The summed E-state index contributed by atoms with van der Waals surface area (Å²) in [5.41, 5.74) is 7.11. The second kappa shape index (κ2) is 8.54. The topological polar surface area (TPSA) is 32.5 Å². The van der Waals surface area contributed by atoms with Crippen LogP contribution in [0.4, 0.5) is 0 Å². The highest BCUT2D eigenvalue weighted by atomic mass is 35.5. The number of likely N-dealkylation sites (N-methyl/N-ethyl adjacent to an activating group) is 1. The van der Waals surface area contributed by atoms with E-state index in [1.165, 1.54) is 0 Å². The molecule has 1 rings (SSSR count). The Bertz CT molecular complexity index is 368. The summed E-state index contributed by atoms with van der Waals surface area (Å²) < 4.78 is 0. The summed E-state index contributed by atoms with van der Waals surface area (Å²) in [7, 11) is 4.20. The zero-order chi connectivity index (χ0) is 14.3. The van der Waals surface area contributed by atoms with Crippen LogP contribution in [0.1, 0.15) is 24.9 Å². The summed E-state index contributed by atoms with van der Waals surface area (Å²) in [5.74, 6) is 0. The van der Waals surface area contributed by atoms with E-state index in [1.807, 2.05) is 18.2 Å². The average Bonchev–Trinajstić information content (AvgIpc) is 2.39. The number of nitrogens with zero attached hydrogens (tertiary/aromatic N) is 2. The molecular weight excluding hydrogens is 258 g/mol. The lowest BCUT2D eigenvalue weighted by atomic mass is 10.0. The van der Waals surface area contributed by atoms with Crippen LogP contribution in [0.2, 0.25) is 5.02 Å². The van der Waals surface area contributed by atoms with Gasteiger partial charge in [0.25, 0.3) is 0 Å². The molecule has 0 aliphatic carbocycles. The van der Waals surface area contributed by atoms with E-state index < -0.39 is 0 Å². The molecule has 0 heterocycles. The third-order valence-electron chi connectivity index (χ3n) is 3.39. The molecule has 1 aromatic rings. The summed E-state index contributed by atoms with van der Waals surface area (Å²) in [6, 6.07) is 8.21. The zero-order valence-corrected chi connectivity index (χ0v) is 13.0. The maximum absolute atomic E-state index is 6.29. The van der Waals surface area contributed by atoms with Crippen LogP contribution in [0.5, 0.6) is 0 Å². The van der Waals surface area contributed by atoms with Gasteiger partial charge in [-0.25, -0.2) is 0 Å². The van der Waals surface area contributed by atoms with Crippen LogP contribution in [-0.4, -0.2) is 50.1 Å². The van der Waals surface area contributed by atoms with Crippen molar-refractivity contribution in [3.63, 3.8) is 0 Å². The van der Waals surface area contributed by atoms with Gasteiger partial charge < -0.3 is 10.6 Å². The van der Waals surface area contributed by atoms with Crippen molar-refractivity contribution in [2.24, 2.45) is 5.73 Å². The fraction of sp³-hybridized carbons (Fsp3) is 0.600. The van der Waals surface area contributed by atoms with Gasteiger partial charge in [0.05, 0.1) is 0 Å². The fourth-order valence-corrected chi connectivity index (χ4v) is 2.60. The Labute approximate surface area is 122 Å². The molecule has 1 unspecified atom stereocenters. The first-order valence-corrected chi connectivity index (χ1v) is 7.31. The highest BCUT2D eigenvalue weighted by Gasteiger charge is 2.19. The van der Waals surface area contributed by atoms with Crippen LogP contribution >= 0.6 is 11.6 Å². The van der Waals surface area contributed by atoms with E-state index in [0.29, 0.717) is 6.54 Å². The summed E-state index contributed by atoms with van der Waals surface area (Å²) in [6.07, 6.45) is 1.14. The first-order chi connectivity index (χ1) is 9.10. The minimum atomic E-state index is 0.209. The Kier molecular flexibility index (Phi) is 7.39. The molecule has 0 aliphatic heterocycles. The second-order valence-corrected chi connectivity index (χ2v) is 5.47. The summed E-state index contributed by atoms with van der Waals surface area (Å²) in [5, 5.41) is 0.809. The number of halogens is 1. The smallest absolute Gasteiger partial charge is 0.0485 e. The molecular formula is C15H26ClN3. The van der Waals surface area contributed by atoms with E-state index in [2.05, 4.69) is 36.9 Å². The molecule has 2 N–H and O–H groups in total. The van der Waals surface area contributed by atoms with Crippen molar-refractivity contribution in [2.75, 3.05) is 40.3 Å². The van der Waals surface area contributed by atoms with Crippen LogP contribution < -0.4 is 5.73 Å². The van der Waals surface area contributed by atoms with Crippen molar-refractivity contribution >= 4 is 11.6 Å². The third-order valence-corrected chi connectivity index (χ3v) is 3.73. The van der Waals surface area contributed by atoms with Gasteiger partial charge in [0.1, 0.15) is 0 Å². The highest BCUT2D eigenvalue weighted by molar-refractivity contribution is 6.31. The molecule has 0 saturated heterocycles. The van der Waals surface area contributed by atoms with E-state index in [4.69, 9.17) is 17.3 Å². The van der Waals surface area contributed by atoms with Crippen LogP contribution in [-0.2, 0) is 0 Å². The Morgan fingerprint density at radius 3 is 2.42 bits per heavy atom. The molecule has 19 heavy (non-hydrogen) atoms. The van der Waals surface area contributed by atoms with Crippen molar-refractivity contribution in [1.29, 1.82) is 0 Å². The molecule has 0 aliphatic rings. The van der Waals surface area contributed by atoms with Crippen molar-refractivity contribution in [3.8, 4) is 0 Å². The second-order valence-electron chi connectivity index (χ2n) is 5.06. The minimum Gasteiger partial charge on any atom is -0.329 e. The van der Waals surface area contributed by atoms with Crippen LogP contribution in [0.15, 0.2) is 24.3 Å². The first-order valence-electron chi connectivity index (χ1n) is 6.93. The minimum absolute atomic E-state index is 0.209. The van der Waals surface area contributed by atoms with Gasteiger partial charge in [-0.05, 0) is 45.2 Å². The molecule has 0 spiro atoms. The molecule has 0 fully saturated rings.